The molecule has 8 heteroatoms. The predicted molar refractivity (Wildman–Crippen MR) is 113 cm³/mol. The number of halogens is 1. The van der Waals surface area contributed by atoms with Crippen molar-refractivity contribution in [3.05, 3.63) is 88.3 Å². The van der Waals surface area contributed by atoms with Gasteiger partial charge < -0.3 is 9.88 Å². The average molecular weight is 451 g/mol. The van der Waals surface area contributed by atoms with E-state index < -0.39 is 0 Å². The Balaban J connectivity index is 1.57. The molecule has 0 bridgehead atoms. The molecule has 0 fully saturated rings. The first-order chi connectivity index (χ1) is 14.0. The number of pyridine rings is 1. The molecule has 3 aromatic heterocycles. The van der Waals surface area contributed by atoms with Gasteiger partial charge in [0.25, 0.3) is 5.91 Å². The van der Waals surface area contributed by atoms with Crippen molar-refractivity contribution in [1.82, 2.24) is 29.6 Å². The van der Waals surface area contributed by atoms with Crippen molar-refractivity contribution in [2.24, 2.45) is 0 Å². The molecule has 0 atom stereocenters. The zero-order valence-corrected chi connectivity index (χ0v) is 17.6. The van der Waals surface area contributed by atoms with E-state index >= 15 is 0 Å². The molecule has 0 aliphatic heterocycles. The summed E-state index contributed by atoms with van der Waals surface area (Å²) in [5, 5.41) is 7.12. The quantitative estimate of drug-likeness (QED) is 0.501. The highest BCUT2D eigenvalue weighted by molar-refractivity contribution is 9.10. The van der Waals surface area contributed by atoms with Crippen LogP contribution in [0.5, 0.6) is 0 Å². The summed E-state index contributed by atoms with van der Waals surface area (Å²) < 4.78 is 4.65. The van der Waals surface area contributed by atoms with Gasteiger partial charge in [0.2, 0.25) is 0 Å². The molecule has 1 amide bonds. The second kappa shape index (κ2) is 8.00. The van der Waals surface area contributed by atoms with Gasteiger partial charge in [-0.05, 0) is 44.2 Å². The van der Waals surface area contributed by atoms with E-state index in [1.54, 1.807) is 17.2 Å². The Kier molecular flexibility index (Phi) is 5.26. The molecular formula is C21H19BrN6O. The fraction of sp³-hybridized carbons (Fsp3) is 0.143. The first kappa shape index (κ1) is 19.1. The molecular weight excluding hydrogens is 432 g/mol. The molecule has 3 heterocycles. The van der Waals surface area contributed by atoms with E-state index in [4.69, 9.17) is 0 Å². The van der Waals surface area contributed by atoms with Gasteiger partial charge in [0.15, 0.2) is 5.82 Å². The van der Waals surface area contributed by atoms with Gasteiger partial charge in [0, 0.05) is 39.9 Å². The number of carbonyl (C=O) groups excluding carboxylic acids is 1. The lowest BCUT2D eigenvalue weighted by atomic mass is 10.2. The van der Waals surface area contributed by atoms with Crippen LogP contribution in [-0.4, -0.2) is 30.2 Å². The topological polar surface area (TPSA) is 77.6 Å². The van der Waals surface area contributed by atoms with Gasteiger partial charge in [-0.1, -0.05) is 28.1 Å². The molecule has 7 nitrogen and oxygen atoms in total. The van der Waals surface area contributed by atoms with Gasteiger partial charge >= 0.3 is 0 Å². The normalized spacial score (nSPS) is 10.9. The smallest absolute Gasteiger partial charge is 0.253 e. The van der Waals surface area contributed by atoms with E-state index in [0.29, 0.717) is 17.9 Å². The van der Waals surface area contributed by atoms with Crippen molar-refractivity contribution in [3.8, 4) is 11.5 Å². The van der Waals surface area contributed by atoms with E-state index in [2.05, 4.69) is 40.9 Å². The van der Waals surface area contributed by atoms with Crippen molar-refractivity contribution in [2.45, 2.75) is 20.4 Å². The van der Waals surface area contributed by atoms with E-state index in [1.807, 2.05) is 56.3 Å². The lowest BCUT2D eigenvalue weighted by molar-refractivity contribution is 0.0950. The lowest BCUT2D eigenvalue weighted by Gasteiger charge is -2.11. The summed E-state index contributed by atoms with van der Waals surface area (Å²) in [5.74, 6) is 0.512. The van der Waals surface area contributed by atoms with Crippen LogP contribution in [0.4, 0.5) is 0 Å². The van der Waals surface area contributed by atoms with Crippen LogP contribution in [0.25, 0.3) is 11.5 Å². The number of aromatic nitrogens is 5. The lowest BCUT2D eigenvalue weighted by Crippen LogP contribution is -2.24. The van der Waals surface area contributed by atoms with Crippen molar-refractivity contribution in [2.75, 3.05) is 0 Å². The summed E-state index contributed by atoms with van der Waals surface area (Å²) in [5.41, 5.74) is 4.39. The van der Waals surface area contributed by atoms with E-state index in [-0.39, 0.29) is 5.91 Å². The molecule has 0 unspecified atom stereocenters. The van der Waals surface area contributed by atoms with Crippen LogP contribution in [0.15, 0.2) is 65.8 Å². The highest BCUT2D eigenvalue weighted by Crippen LogP contribution is 2.23. The van der Waals surface area contributed by atoms with Crippen LogP contribution < -0.4 is 5.32 Å². The van der Waals surface area contributed by atoms with Crippen molar-refractivity contribution in [1.29, 1.82) is 0 Å². The summed E-state index contributed by atoms with van der Waals surface area (Å²) in [4.78, 5) is 21.2. The van der Waals surface area contributed by atoms with Crippen molar-refractivity contribution < 1.29 is 4.79 Å². The molecule has 29 heavy (non-hydrogen) atoms. The highest BCUT2D eigenvalue weighted by Gasteiger charge is 2.17. The number of hydrogen-bond donors (Lipinski definition) is 1. The van der Waals surface area contributed by atoms with Gasteiger partial charge in [0.05, 0.1) is 5.56 Å². The van der Waals surface area contributed by atoms with Gasteiger partial charge in [-0.25, -0.2) is 14.6 Å². The van der Waals surface area contributed by atoms with E-state index in [9.17, 15) is 4.79 Å². The van der Waals surface area contributed by atoms with Crippen LogP contribution in [0, 0.1) is 13.8 Å². The number of hydrogen-bond acceptors (Lipinski definition) is 4. The summed E-state index contributed by atoms with van der Waals surface area (Å²) in [6.07, 6.45) is 4.72. The molecule has 1 aromatic carbocycles. The van der Waals surface area contributed by atoms with Gasteiger partial charge in [0.1, 0.15) is 12.7 Å². The molecule has 0 aliphatic carbocycles. The zero-order valence-electron chi connectivity index (χ0n) is 16.0. The second-order valence-electron chi connectivity index (χ2n) is 6.61. The van der Waals surface area contributed by atoms with Gasteiger partial charge in [-0.3, -0.25) is 4.79 Å². The number of benzene rings is 1. The van der Waals surface area contributed by atoms with E-state index in [0.717, 1.165) is 27.1 Å². The fourth-order valence-corrected chi connectivity index (χ4v) is 3.76. The molecule has 0 saturated heterocycles. The molecule has 0 saturated carbocycles. The standard InChI is InChI=1S/C21H19BrN6O/c1-14-9-19(15(2)28(14)18-7-3-6-17(22)10-18)21(29)25-11-16-5-4-8-24-20(16)27-13-23-12-26-27/h3-10,12-13H,11H2,1-2H3,(H,25,29). The molecule has 0 radical (unpaired) electrons. The van der Waals surface area contributed by atoms with Crippen LogP contribution in [0.3, 0.4) is 0 Å². The number of nitrogens with zero attached hydrogens (tertiary/aromatic N) is 5. The molecule has 0 spiro atoms. The molecule has 0 aliphatic rings. The predicted octanol–water partition coefficient (Wildman–Crippen LogP) is 3.76. The largest absolute Gasteiger partial charge is 0.348 e. The average Bonchev–Trinajstić information content (AvgIpc) is 3.34. The third-order valence-corrected chi connectivity index (χ3v) is 5.18. The SMILES string of the molecule is Cc1cc(C(=O)NCc2cccnc2-n2cncn2)c(C)n1-c1cccc(Br)c1. The Bertz CT molecular complexity index is 1170. The van der Waals surface area contributed by atoms with Crippen LogP contribution >= 0.6 is 15.9 Å². The fourth-order valence-electron chi connectivity index (χ4n) is 3.37. The third-order valence-electron chi connectivity index (χ3n) is 4.68. The zero-order chi connectivity index (χ0) is 20.4. The van der Waals surface area contributed by atoms with Crippen LogP contribution in [0.2, 0.25) is 0 Å². The minimum atomic E-state index is -0.132. The van der Waals surface area contributed by atoms with E-state index in [1.165, 1.54) is 6.33 Å². The Morgan fingerprint density at radius 2 is 2.03 bits per heavy atom. The number of carbonyl (C=O) groups is 1. The monoisotopic (exact) mass is 450 g/mol. The number of nitrogens with one attached hydrogen (secondary N) is 1. The maximum absolute atomic E-state index is 12.9. The summed E-state index contributed by atoms with van der Waals surface area (Å²) in [6.45, 7) is 4.28. The minimum Gasteiger partial charge on any atom is -0.348 e. The molecule has 1 N–H and O–H groups in total. The van der Waals surface area contributed by atoms with Gasteiger partial charge in [-0.2, -0.15) is 5.10 Å². The minimum absolute atomic E-state index is 0.132. The van der Waals surface area contributed by atoms with Crippen LogP contribution in [-0.2, 0) is 6.54 Å². The Hall–Kier alpha value is -3.26. The highest BCUT2D eigenvalue weighted by atomic mass is 79.9. The number of rotatable bonds is 5. The maximum Gasteiger partial charge on any atom is 0.253 e. The second-order valence-corrected chi connectivity index (χ2v) is 7.52. The molecule has 4 aromatic rings. The number of amides is 1. The third kappa shape index (κ3) is 3.84. The molecule has 146 valence electrons. The summed E-state index contributed by atoms with van der Waals surface area (Å²) in [6, 6.07) is 13.7. The maximum atomic E-state index is 12.9. The summed E-state index contributed by atoms with van der Waals surface area (Å²) in [7, 11) is 0. The van der Waals surface area contributed by atoms with Crippen LogP contribution in [0.1, 0.15) is 27.3 Å². The van der Waals surface area contributed by atoms with Gasteiger partial charge in [-0.15, -0.1) is 0 Å². The van der Waals surface area contributed by atoms with Crippen molar-refractivity contribution in [3.63, 3.8) is 0 Å². The first-order valence-electron chi connectivity index (χ1n) is 9.06. The number of aryl methyl sites for hydroxylation is 1. The van der Waals surface area contributed by atoms with Crippen molar-refractivity contribution >= 4 is 21.8 Å². The Labute approximate surface area is 176 Å². The molecule has 4 rings (SSSR count). The summed E-state index contributed by atoms with van der Waals surface area (Å²) >= 11 is 3.51. The Morgan fingerprint density at radius 1 is 1.17 bits per heavy atom. The first-order valence-corrected chi connectivity index (χ1v) is 9.86. The Morgan fingerprint density at radius 3 is 2.79 bits per heavy atom.